The van der Waals surface area contributed by atoms with E-state index >= 15 is 0 Å². The van der Waals surface area contributed by atoms with Crippen molar-refractivity contribution in [3.05, 3.63) is 17.5 Å². The fourth-order valence-corrected chi connectivity index (χ4v) is 3.28. The van der Waals surface area contributed by atoms with Gasteiger partial charge in [0.25, 0.3) is 5.91 Å². The van der Waals surface area contributed by atoms with Gasteiger partial charge in [-0.15, -0.1) is 0 Å². The summed E-state index contributed by atoms with van der Waals surface area (Å²) in [5.74, 6) is 0.816. The number of aromatic nitrogens is 2. The van der Waals surface area contributed by atoms with Crippen LogP contribution in [0.25, 0.3) is 0 Å². The molecule has 2 rings (SSSR count). The molecule has 6 nitrogen and oxygen atoms in total. The van der Waals surface area contributed by atoms with E-state index in [2.05, 4.69) is 23.8 Å². The van der Waals surface area contributed by atoms with Crippen molar-refractivity contribution >= 4 is 5.91 Å². The van der Waals surface area contributed by atoms with Gasteiger partial charge < -0.3 is 14.9 Å². The zero-order valence-corrected chi connectivity index (χ0v) is 15.0. The fourth-order valence-electron chi connectivity index (χ4n) is 3.28. The first kappa shape index (κ1) is 17.9. The van der Waals surface area contributed by atoms with Gasteiger partial charge in [0.1, 0.15) is 5.69 Å². The largest absolute Gasteiger partial charge is 0.396 e. The molecule has 2 heterocycles. The Morgan fingerprint density at radius 2 is 2.04 bits per heavy atom. The molecule has 1 N–H and O–H groups in total. The normalized spacial score (nSPS) is 21.7. The number of hydrogen-bond donors (Lipinski definition) is 1. The van der Waals surface area contributed by atoms with Crippen LogP contribution in [0.1, 0.15) is 42.9 Å². The zero-order valence-electron chi connectivity index (χ0n) is 15.0. The van der Waals surface area contributed by atoms with Crippen LogP contribution in [0.5, 0.6) is 0 Å². The molecule has 0 aromatic carbocycles. The summed E-state index contributed by atoms with van der Waals surface area (Å²) < 4.78 is 1.80. The second kappa shape index (κ2) is 7.45. The van der Waals surface area contributed by atoms with E-state index in [0.717, 1.165) is 12.2 Å². The van der Waals surface area contributed by atoms with Crippen LogP contribution in [0.3, 0.4) is 0 Å². The Kier molecular flexibility index (Phi) is 5.81. The lowest BCUT2D eigenvalue weighted by Crippen LogP contribution is -2.32. The molecule has 1 fully saturated rings. The molecular formula is C17H30N4O2. The highest BCUT2D eigenvalue weighted by Crippen LogP contribution is 2.26. The number of hydrogen-bond acceptors (Lipinski definition) is 4. The molecule has 2 atom stereocenters. The zero-order chi connectivity index (χ0) is 17.1. The van der Waals surface area contributed by atoms with Crippen molar-refractivity contribution in [3.63, 3.8) is 0 Å². The van der Waals surface area contributed by atoms with Gasteiger partial charge in [-0.25, -0.2) is 0 Å². The molecule has 1 amide bonds. The molecule has 1 aliphatic rings. The molecule has 0 radical (unpaired) electrons. The van der Waals surface area contributed by atoms with Gasteiger partial charge in [-0.1, -0.05) is 13.8 Å². The van der Waals surface area contributed by atoms with E-state index in [-0.39, 0.29) is 18.4 Å². The van der Waals surface area contributed by atoms with Gasteiger partial charge in [0, 0.05) is 38.7 Å². The number of nitrogens with zero attached hydrogens (tertiary/aromatic N) is 4. The standard InChI is InChI=1S/C17H30N4O2/c1-6-21-16(7-15(18-21)12(2)3)17(23)20-9-13(8-19(4)5)14(10-20)11-22/h7,12-14,22H,6,8-11H2,1-5H3. The summed E-state index contributed by atoms with van der Waals surface area (Å²) in [4.78, 5) is 16.9. The first-order chi connectivity index (χ1) is 10.9. The van der Waals surface area contributed by atoms with Crippen molar-refractivity contribution in [3.8, 4) is 0 Å². The SMILES string of the molecule is CCn1nc(C(C)C)cc1C(=O)N1CC(CO)C(CN(C)C)C1. The first-order valence-electron chi connectivity index (χ1n) is 8.49. The van der Waals surface area contributed by atoms with Crippen LogP contribution in [-0.4, -0.2) is 70.9 Å². The van der Waals surface area contributed by atoms with Crippen LogP contribution >= 0.6 is 0 Å². The summed E-state index contributed by atoms with van der Waals surface area (Å²) in [5, 5.41) is 14.2. The topological polar surface area (TPSA) is 61.6 Å². The number of likely N-dealkylation sites (tertiary alicyclic amines) is 1. The van der Waals surface area contributed by atoms with E-state index in [1.807, 2.05) is 32.0 Å². The van der Waals surface area contributed by atoms with E-state index in [9.17, 15) is 9.90 Å². The van der Waals surface area contributed by atoms with Crippen LogP contribution in [0, 0.1) is 11.8 Å². The predicted molar refractivity (Wildman–Crippen MR) is 90.5 cm³/mol. The molecule has 1 aliphatic heterocycles. The Balaban J connectivity index is 2.17. The molecule has 0 bridgehead atoms. The van der Waals surface area contributed by atoms with Gasteiger partial charge in [0.2, 0.25) is 0 Å². The summed E-state index contributed by atoms with van der Waals surface area (Å²) in [6.45, 7) is 9.21. The number of rotatable bonds is 6. The summed E-state index contributed by atoms with van der Waals surface area (Å²) >= 11 is 0. The number of aliphatic hydroxyl groups excluding tert-OH is 1. The van der Waals surface area contributed by atoms with Crippen LogP contribution in [0.2, 0.25) is 0 Å². The summed E-state index contributed by atoms with van der Waals surface area (Å²) in [5.41, 5.74) is 1.62. The van der Waals surface area contributed by atoms with Crippen LogP contribution < -0.4 is 0 Å². The van der Waals surface area contributed by atoms with Crippen molar-refractivity contribution in [2.75, 3.05) is 40.3 Å². The number of carbonyl (C=O) groups excluding carboxylic acids is 1. The molecule has 0 aliphatic carbocycles. The molecule has 0 saturated carbocycles. The Morgan fingerprint density at radius 1 is 1.39 bits per heavy atom. The lowest BCUT2D eigenvalue weighted by molar-refractivity contribution is 0.0767. The van der Waals surface area contributed by atoms with Gasteiger partial charge >= 0.3 is 0 Å². The Morgan fingerprint density at radius 3 is 2.57 bits per heavy atom. The maximum absolute atomic E-state index is 12.9. The fraction of sp³-hybridized carbons (Fsp3) is 0.765. The molecule has 1 aromatic heterocycles. The van der Waals surface area contributed by atoms with Gasteiger partial charge in [-0.3, -0.25) is 9.48 Å². The van der Waals surface area contributed by atoms with E-state index in [1.54, 1.807) is 4.68 Å². The molecule has 1 aromatic rings. The molecule has 23 heavy (non-hydrogen) atoms. The first-order valence-corrected chi connectivity index (χ1v) is 8.49. The van der Waals surface area contributed by atoms with Crippen molar-refractivity contribution in [2.24, 2.45) is 11.8 Å². The molecule has 130 valence electrons. The van der Waals surface area contributed by atoms with Crippen molar-refractivity contribution in [1.29, 1.82) is 0 Å². The highest BCUT2D eigenvalue weighted by atomic mass is 16.3. The van der Waals surface area contributed by atoms with Gasteiger partial charge in [-0.05, 0) is 38.9 Å². The van der Waals surface area contributed by atoms with Crippen molar-refractivity contribution in [2.45, 2.75) is 33.2 Å². The maximum atomic E-state index is 12.9. The molecule has 2 unspecified atom stereocenters. The second-order valence-electron chi connectivity index (χ2n) is 7.10. The molecule has 1 saturated heterocycles. The van der Waals surface area contributed by atoms with Gasteiger partial charge in [-0.2, -0.15) is 5.10 Å². The Bertz CT molecular complexity index is 539. The summed E-state index contributed by atoms with van der Waals surface area (Å²) in [7, 11) is 4.06. The molecular weight excluding hydrogens is 292 g/mol. The number of aryl methyl sites for hydroxylation is 1. The van der Waals surface area contributed by atoms with Crippen molar-refractivity contribution in [1.82, 2.24) is 19.6 Å². The molecule has 6 heteroatoms. The third-order valence-corrected chi connectivity index (χ3v) is 4.61. The van der Waals surface area contributed by atoms with E-state index in [4.69, 9.17) is 0 Å². The lowest BCUT2D eigenvalue weighted by Gasteiger charge is -2.20. The van der Waals surface area contributed by atoms with E-state index in [1.165, 1.54) is 0 Å². The average Bonchev–Trinajstić information content (AvgIpc) is 3.09. The quantitative estimate of drug-likeness (QED) is 0.857. The minimum absolute atomic E-state index is 0.0333. The van der Waals surface area contributed by atoms with Crippen LogP contribution in [0.15, 0.2) is 6.07 Å². The monoisotopic (exact) mass is 322 g/mol. The van der Waals surface area contributed by atoms with E-state index < -0.39 is 0 Å². The molecule has 0 spiro atoms. The summed E-state index contributed by atoms with van der Waals surface area (Å²) in [6.07, 6.45) is 0. The predicted octanol–water partition coefficient (Wildman–Crippen LogP) is 1.27. The van der Waals surface area contributed by atoms with Crippen molar-refractivity contribution < 1.29 is 9.90 Å². The second-order valence-corrected chi connectivity index (χ2v) is 7.10. The number of amides is 1. The van der Waals surface area contributed by atoms with Gasteiger partial charge in [0.15, 0.2) is 0 Å². The minimum Gasteiger partial charge on any atom is -0.396 e. The highest BCUT2D eigenvalue weighted by Gasteiger charge is 2.36. The summed E-state index contributed by atoms with van der Waals surface area (Å²) in [6, 6.07) is 1.92. The number of carbonyl (C=O) groups is 1. The minimum atomic E-state index is 0.0333. The number of aliphatic hydroxyl groups is 1. The lowest BCUT2D eigenvalue weighted by atomic mass is 9.97. The van der Waals surface area contributed by atoms with Crippen LogP contribution in [-0.2, 0) is 6.54 Å². The third-order valence-electron chi connectivity index (χ3n) is 4.61. The van der Waals surface area contributed by atoms with E-state index in [0.29, 0.717) is 37.2 Å². The van der Waals surface area contributed by atoms with Crippen LogP contribution in [0.4, 0.5) is 0 Å². The third kappa shape index (κ3) is 3.93. The Hall–Kier alpha value is -1.40. The highest BCUT2D eigenvalue weighted by molar-refractivity contribution is 5.93. The Labute approximate surface area is 139 Å². The smallest absolute Gasteiger partial charge is 0.272 e. The van der Waals surface area contributed by atoms with Gasteiger partial charge in [0.05, 0.1) is 5.69 Å². The average molecular weight is 322 g/mol. The maximum Gasteiger partial charge on any atom is 0.272 e.